The number of carbonyl (C=O) groups excluding carboxylic acids is 1. The standard InChI is InChI=1S/C22H22N2O5S/c1-3-15-6-9-19(28-2)21(13-15)30(26,27)23-17-8-7-16-10-11-24(18(16)14-17)22(25)20-5-4-12-29-20/h4-9,12-14,23H,3,10-11H2,1-2H3. The van der Waals surface area contributed by atoms with Crippen molar-refractivity contribution in [2.24, 2.45) is 0 Å². The third-order valence-corrected chi connectivity index (χ3v) is 6.54. The van der Waals surface area contributed by atoms with Gasteiger partial charge in [-0.3, -0.25) is 9.52 Å². The fourth-order valence-corrected chi connectivity index (χ4v) is 4.82. The maximum atomic E-state index is 13.1. The summed E-state index contributed by atoms with van der Waals surface area (Å²) >= 11 is 0. The first kappa shape index (κ1) is 20.0. The molecule has 0 spiro atoms. The number of nitrogens with zero attached hydrogens (tertiary/aromatic N) is 1. The average molecular weight is 426 g/mol. The number of furan rings is 1. The molecule has 156 valence electrons. The van der Waals surface area contributed by atoms with Gasteiger partial charge in [0.1, 0.15) is 10.6 Å². The molecule has 0 atom stereocenters. The van der Waals surface area contributed by atoms with E-state index in [-0.39, 0.29) is 22.3 Å². The van der Waals surface area contributed by atoms with Crippen molar-refractivity contribution in [1.82, 2.24) is 0 Å². The van der Waals surface area contributed by atoms with Crippen molar-refractivity contribution >= 4 is 27.3 Å². The number of anilines is 2. The van der Waals surface area contributed by atoms with Gasteiger partial charge in [0, 0.05) is 12.2 Å². The van der Waals surface area contributed by atoms with Crippen molar-refractivity contribution in [3.8, 4) is 5.75 Å². The molecule has 0 unspecified atom stereocenters. The minimum Gasteiger partial charge on any atom is -0.495 e. The highest BCUT2D eigenvalue weighted by molar-refractivity contribution is 7.92. The van der Waals surface area contributed by atoms with Crippen LogP contribution in [0, 0.1) is 0 Å². The second-order valence-electron chi connectivity index (χ2n) is 6.97. The quantitative estimate of drug-likeness (QED) is 0.647. The molecule has 8 heteroatoms. The number of nitrogens with one attached hydrogen (secondary N) is 1. The van der Waals surface area contributed by atoms with Gasteiger partial charge in [-0.2, -0.15) is 0 Å². The van der Waals surface area contributed by atoms with E-state index in [0.29, 0.717) is 30.8 Å². The zero-order valence-corrected chi connectivity index (χ0v) is 17.5. The van der Waals surface area contributed by atoms with E-state index in [4.69, 9.17) is 9.15 Å². The number of amides is 1. The minimum atomic E-state index is -3.88. The van der Waals surface area contributed by atoms with Crippen LogP contribution in [0.3, 0.4) is 0 Å². The normalized spacial score (nSPS) is 13.2. The lowest BCUT2D eigenvalue weighted by Crippen LogP contribution is -2.28. The lowest BCUT2D eigenvalue weighted by molar-refractivity contribution is 0.0963. The molecule has 0 bridgehead atoms. The Morgan fingerprint density at radius 1 is 1.20 bits per heavy atom. The van der Waals surface area contributed by atoms with Crippen molar-refractivity contribution in [2.45, 2.75) is 24.7 Å². The van der Waals surface area contributed by atoms with Crippen LogP contribution in [-0.2, 0) is 22.9 Å². The van der Waals surface area contributed by atoms with Gasteiger partial charge in [0.2, 0.25) is 0 Å². The van der Waals surface area contributed by atoms with Crippen molar-refractivity contribution in [1.29, 1.82) is 0 Å². The molecule has 2 heterocycles. The number of rotatable bonds is 6. The SMILES string of the molecule is CCc1ccc(OC)c(S(=O)(=O)Nc2ccc3c(c2)N(C(=O)c2ccco2)CC3)c1. The fraction of sp³-hybridized carbons (Fsp3) is 0.227. The van der Waals surface area contributed by atoms with E-state index < -0.39 is 10.0 Å². The summed E-state index contributed by atoms with van der Waals surface area (Å²) in [5.74, 6) is 0.265. The minimum absolute atomic E-state index is 0.0772. The molecule has 30 heavy (non-hydrogen) atoms. The lowest BCUT2D eigenvalue weighted by Gasteiger charge is -2.17. The van der Waals surface area contributed by atoms with Crippen LogP contribution < -0.4 is 14.4 Å². The highest BCUT2D eigenvalue weighted by atomic mass is 32.2. The number of benzene rings is 2. The largest absolute Gasteiger partial charge is 0.495 e. The second-order valence-corrected chi connectivity index (χ2v) is 8.62. The van der Waals surface area contributed by atoms with Crippen LogP contribution in [0.15, 0.2) is 64.1 Å². The van der Waals surface area contributed by atoms with E-state index in [2.05, 4.69) is 4.72 Å². The second kappa shape index (κ2) is 7.87. The van der Waals surface area contributed by atoms with E-state index >= 15 is 0 Å². The van der Waals surface area contributed by atoms with E-state index in [0.717, 1.165) is 11.1 Å². The maximum Gasteiger partial charge on any atom is 0.293 e. The number of carbonyl (C=O) groups is 1. The molecule has 0 radical (unpaired) electrons. The Hall–Kier alpha value is -3.26. The molecular weight excluding hydrogens is 404 g/mol. The zero-order valence-electron chi connectivity index (χ0n) is 16.7. The first-order chi connectivity index (χ1) is 14.4. The van der Waals surface area contributed by atoms with Gasteiger partial charge in [0.25, 0.3) is 15.9 Å². The topological polar surface area (TPSA) is 88.9 Å². The fourth-order valence-electron chi connectivity index (χ4n) is 3.55. The van der Waals surface area contributed by atoms with Crippen LogP contribution in [0.2, 0.25) is 0 Å². The van der Waals surface area contributed by atoms with E-state index in [1.54, 1.807) is 41.3 Å². The summed E-state index contributed by atoms with van der Waals surface area (Å²) in [5.41, 5.74) is 2.91. The van der Waals surface area contributed by atoms with Crippen molar-refractivity contribution in [2.75, 3.05) is 23.3 Å². The number of hydrogen-bond acceptors (Lipinski definition) is 5. The van der Waals surface area contributed by atoms with Crippen LogP contribution in [0.4, 0.5) is 11.4 Å². The van der Waals surface area contributed by atoms with Crippen molar-refractivity contribution < 1.29 is 22.4 Å². The smallest absolute Gasteiger partial charge is 0.293 e. The van der Waals surface area contributed by atoms with Crippen LogP contribution >= 0.6 is 0 Å². The molecule has 1 aliphatic heterocycles. The maximum absolute atomic E-state index is 13.1. The molecule has 0 aliphatic carbocycles. The molecule has 0 fully saturated rings. The highest BCUT2D eigenvalue weighted by Crippen LogP contribution is 2.34. The van der Waals surface area contributed by atoms with Gasteiger partial charge >= 0.3 is 0 Å². The number of methoxy groups -OCH3 is 1. The summed E-state index contributed by atoms with van der Waals surface area (Å²) in [6.45, 7) is 2.47. The first-order valence-corrected chi connectivity index (χ1v) is 11.1. The number of sulfonamides is 1. The Morgan fingerprint density at radius 3 is 2.73 bits per heavy atom. The predicted octanol–water partition coefficient (Wildman–Crippen LogP) is 3.85. The summed E-state index contributed by atoms with van der Waals surface area (Å²) in [7, 11) is -2.45. The third-order valence-electron chi connectivity index (χ3n) is 5.14. The van der Waals surface area contributed by atoms with Gasteiger partial charge < -0.3 is 14.1 Å². The summed E-state index contributed by atoms with van der Waals surface area (Å²) in [6.07, 6.45) is 2.85. The average Bonchev–Trinajstić information content (AvgIpc) is 3.42. The molecule has 1 aromatic heterocycles. The monoisotopic (exact) mass is 426 g/mol. The Bertz CT molecular complexity index is 1190. The molecule has 3 aromatic rings. The van der Waals surface area contributed by atoms with Crippen LogP contribution in [-0.4, -0.2) is 28.0 Å². The van der Waals surface area contributed by atoms with Gasteiger partial charge in [0.05, 0.1) is 19.1 Å². The Labute approximate surface area is 175 Å². The number of fused-ring (bicyclic) bond motifs is 1. The zero-order chi connectivity index (χ0) is 21.3. The van der Waals surface area contributed by atoms with Crippen LogP contribution in [0.25, 0.3) is 0 Å². The van der Waals surface area contributed by atoms with Gasteiger partial charge in [0.15, 0.2) is 5.76 Å². The number of hydrogen-bond donors (Lipinski definition) is 1. The van der Waals surface area contributed by atoms with E-state index in [9.17, 15) is 13.2 Å². The van der Waals surface area contributed by atoms with Gasteiger partial charge in [-0.05, 0) is 60.4 Å². The molecule has 2 aromatic carbocycles. The van der Waals surface area contributed by atoms with Crippen LogP contribution in [0.1, 0.15) is 28.6 Å². The summed E-state index contributed by atoms with van der Waals surface area (Å²) < 4.78 is 39.2. The lowest BCUT2D eigenvalue weighted by atomic mass is 10.1. The molecule has 1 aliphatic rings. The summed E-state index contributed by atoms with van der Waals surface area (Å²) in [4.78, 5) is 14.4. The van der Waals surface area contributed by atoms with Gasteiger partial charge in [-0.25, -0.2) is 8.42 Å². The number of ether oxygens (including phenoxy) is 1. The van der Waals surface area contributed by atoms with Gasteiger partial charge in [-0.1, -0.05) is 19.1 Å². The molecular formula is C22H22N2O5S. The van der Waals surface area contributed by atoms with E-state index in [1.807, 2.05) is 19.1 Å². The van der Waals surface area contributed by atoms with Crippen molar-refractivity contribution in [3.63, 3.8) is 0 Å². The summed E-state index contributed by atoms with van der Waals surface area (Å²) in [5, 5.41) is 0. The Kier molecular flexibility index (Phi) is 5.26. The first-order valence-electron chi connectivity index (χ1n) is 9.61. The van der Waals surface area contributed by atoms with Crippen molar-refractivity contribution in [3.05, 3.63) is 71.7 Å². The molecule has 4 rings (SSSR count). The molecule has 1 N–H and O–H groups in total. The predicted molar refractivity (Wildman–Crippen MR) is 114 cm³/mol. The third kappa shape index (κ3) is 3.66. The number of aryl methyl sites for hydroxylation is 1. The Morgan fingerprint density at radius 2 is 2.03 bits per heavy atom. The van der Waals surface area contributed by atoms with E-state index in [1.165, 1.54) is 13.4 Å². The molecule has 0 saturated carbocycles. The highest BCUT2D eigenvalue weighted by Gasteiger charge is 2.28. The summed E-state index contributed by atoms with van der Waals surface area (Å²) in [6, 6.07) is 13.6. The molecule has 1 amide bonds. The Balaban J connectivity index is 1.65. The molecule has 0 saturated heterocycles. The molecule has 7 nitrogen and oxygen atoms in total. The van der Waals surface area contributed by atoms with Gasteiger partial charge in [-0.15, -0.1) is 0 Å². The van der Waals surface area contributed by atoms with Crippen LogP contribution in [0.5, 0.6) is 5.75 Å².